The normalized spacial score (nSPS) is 30.8. The zero-order chi connectivity index (χ0) is 58.6. The smallest absolute Gasteiger partial charge is 0.410 e. The first kappa shape index (κ1) is 62.1. The van der Waals surface area contributed by atoms with Crippen LogP contribution in [-0.2, 0) is 84.4 Å². The number of hydrogen-bond donors (Lipinski definition) is 0. The molecule has 3 saturated heterocycles. The third-order valence-corrected chi connectivity index (χ3v) is 13.6. The number of benzene rings is 2. The minimum absolute atomic E-state index is 0.0324. The van der Waals surface area contributed by atoms with Gasteiger partial charge in [-0.05, 0) is 70.9 Å². The van der Waals surface area contributed by atoms with Crippen molar-refractivity contribution in [2.24, 2.45) is 25.6 Å². The number of nitrogens with zero attached hydrogens (tertiary/aromatic N) is 16. The molecule has 32 heteroatoms. The van der Waals surface area contributed by atoms with Crippen molar-refractivity contribution in [3.8, 4) is 0 Å². The average molecular weight is 1130 g/mol. The van der Waals surface area contributed by atoms with E-state index in [1.807, 2.05) is 67.6 Å². The third-order valence-electron chi connectivity index (χ3n) is 13.6. The van der Waals surface area contributed by atoms with Gasteiger partial charge in [0.25, 0.3) is 0 Å². The second kappa shape index (κ2) is 30.5. The molecule has 0 radical (unpaired) electrons. The molecule has 2 aromatic rings. The van der Waals surface area contributed by atoms with Gasteiger partial charge in [-0.3, -0.25) is 24.1 Å². The Bertz CT molecular complexity index is 2740. The summed E-state index contributed by atoms with van der Waals surface area (Å²) in [5, 5.41) is 19.2. The molecule has 4 aliphatic rings. The second-order valence-electron chi connectivity index (χ2n) is 19.0. The summed E-state index contributed by atoms with van der Waals surface area (Å²) in [6.07, 6.45) is -19.6. The van der Waals surface area contributed by atoms with E-state index in [4.69, 9.17) is 52.1 Å². The molecule has 3 heterocycles. The summed E-state index contributed by atoms with van der Waals surface area (Å²) in [5.74, 6) is -3.57. The monoisotopic (exact) mass is 1130 g/mol. The van der Waals surface area contributed by atoms with Crippen molar-refractivity contribution >= 4 is 30.0 Å². The quantitative estimate of drug-likeness (QED) is 0.0313. The lowest BCUT2D eigenvalue weighted by Gasteiger charge is -2.47. The van der Waals surface area contributed by atoms with E-state index in [1.54, 1.807) is 11.8 Å². The van der Waals surface area contributed by atoms with Crippen LogP contribution in [0.3, 0.4) is 0 Å². The molecule has 1 aliphatic carbocycles. The lowest BCUT2D eigenvalue weighted by molar-refractivity contribution is -0.294. The first-order valence-electron chi connectivity index (χ1n) is 25.9. The highest BCUT2D eigenvalue weighted by Gasteiger charge is 2.58. The van der Waals surface area contributed by atoms with Gasteiger partial charge in [0.15, 0.2) is 37.2 Å². The van der Waals surface area contributed by atoms with Crippen LogP contribution in [0.5, 0.6) is 0 Å². The van der Waals surface area contributed by atoms with Gasteiger partial charge in [0, 0.05) is 58.8 Å². The maximum Gasteiger partial charge on any atom is 0.410 e. The van der Waals surface area contributed by atoms with E-state index in [9.17, 15) is 51.6 Å². The first-order chi connectivity index (χ1) is 39.1. The van der Waals surface area contributed by atoms with Crippen molar-refractivity contribution in [3.05, 3.63) is 124 Å². The van der Waals surface area contributed by atoms with Crippen molar-refractivity contribution < 1.29 is 76.1 Å². The Kier molecular flexibility index (Phi) is 23.4. The number of amides is 1. The Labute approximate surface area is 462 Å². The van der Waals surface area contributed by atoms with E-state index < -0.39 is 147 Å². The number of carbonyl (C=O) groups excluding carboxylic acids is 5. The molecule has 2 aromatic carbocycles. The van der Waals surface area contributed by atoms with E-state index in [0.717, 1.165) is 38.8 Å². The van der Waals surface area contributed by atoms with Crippen LogP contribution in [-0.4, -0.2) is 152 Å². The summed E-state index contributed by atoms with van der Waals surface area (Å²) >= 11 is 0. The van der Waals surface area contributed by atoms with Crippen LogP contribution < -0.4 is 0 Å². The summed E-state index contributed by atoms with van der Waals surface area (Å²) < 4.78 is 67.9. The van der Waals surface area contributed by atoms with E-state index in [0.29, 0.717) is 6.42 Å². The number of rotatable bonds is 24. The topological polar surface area (TPSA) is 434 Å². The van der Waals surface area contributed by atoms with Gasteiger partial charge in [0.2, 0.25) is 0 Å². The molecule has 0 aromatic heterocycles. The fraction of sp³-hybridized carbons (Fsp3) is 0.653. The number of esters is 4. The van der Waals surface area contributed by atoms with Crippen molar-refractivity contribution in [1.29, 1.82) is 0 Å². The van der Waals surface area contributed by atoms with Gasteiger partial charge < -0.3 is 52.1 Å². The molecule has 1 saturated carbocycles. The summed E-state index contributed by atoms with van der Waals surface area (Å²) in [6.45, 7) is 7.29. The maximum absolute atomic E-state index is 14.2. The van der Waals surface area contributed by atoms with Gasteiger partial charge in [0.1, 0.15) is 37.1 Å². The average Bonchev–Trinajstić information content (AvgIpc) is 3.90. The zero-order valence-corrected chi connectivity index (χ0v) is 45.0. The van der Waals surface area contributed by atoms with Crippen LogP contribution in [0.1, 0.15) is 84.8 Å². The van der Waals surface area contributed by atoms with E-state index in [1.165, 1.54) is 0 Å². The minimum Gasteiger partial charge on any atom is -0.459 e. The zero-order valence-electron chi connectivity index (χ0n) is 45.0. The standard InChI is InChI=1S/C49H62N16O16/c1-7-34(65(23-29-15-11-9-12-16-29)49(70)71-24-30-17-13-10-14-18-30)36-20-19-31(56-61-51)46(77-36)79-40-33(58-63-53)21-32(57-62-52)39(72-25(3)66)44(40)81-48-45(75-28(6)69)41(35(8-2)76-48)80-47-38(59-64-54)43(74-27(5)68)42(73-26(4)67)37(78-47)22-55-60-50/h9-18,31-48H,7-8,19-24H2,1-6H3. The van der Waals surface area contributed by atoms with Crippen molar-refractivity contribution in [2.75, 3.05) is 6.54 Å². The summed E-state index contributed by atoms with van der Waals surface area (Å²) in [4.78, 5) is 81.5. The summed E-state index contributed by atoms with van der Waals surface area (Å²) in [5.41, 5.74) is 50.3. The van der Waals surface area contributed by atoms with Crippen LogP contribution in [0.4, 0.5) is 4.79 Å². The SMILES string of the molecule is CCC1OC(OC2C(OC(C)=O)C(N=[N+]=[N-])CC(N=[N+]=[N-])C2OC2OC(C(CC)N(Cc3ccccc3)C(=O)OCc3ccccc3)CCC2N=[N+]=[N-])C(OC(C)=O)C1OC1OC(CN=[N+]=[N-])C(OC(C)=O)C(OC(C)=O)C1N=[N+]=[N-]. The second-order valence-corrected chi connectivity index (χ2v) is 19.0. The predicted octanol–water partition coefficient (Wildman–Crippen LogP) is 8.28. The van der Waals surface area contributed by atoms with Crippen LogP contribution >= 0.6 is 0 Å². The number of carbonyl (C=O) groups is 5. The summed E-state index contributed by atoms with van der Waals surface area (Å²) in [6, 6.07) is 12.2. The van der Waals surface area contributed by atoms with Crippen LogP contribution in [0.15, 0.2) is 86.2 Å². The Morgan fingerprint density at radius 3 is 1.68 bits per heavy atom. The Morgan fingerprint density at radius 2 is 1.10 bits per heavy atom. The van der Waals surface area contributed by atoms with Gasteiger partial charge in [-0.2, -0.15) is 0 Å². The van der Waals surface area contributed by atoms with Crippen LogP contribution in [0.25, 0.3) is 52.2 Å². The Morgan fingerprint density at radius 1 is 0.568 bits per heavy atom. The highest BCUT2D eigenvalue weighted by atomic mass is 16.8. The van der Waals surface area contributed by atoms with Crippen molar-refractivity contribution in [2.45, 2.75) is 197 Å². The highest BCUT2D eigenvalue weighted by Crippen LogP contribution is 2.41. The molecule has 32 nitrogen and oxygen atoms in total. The Balaban J connectivity index is 1.40. The molecule has 18 atom stereocenters. The third kappa shape index (κ3) is 16.5. The van der Waals surface area contributed by atoms with E-state index >= 15 is 0 Å². The molecular formula is C49H62N16O16. The highest BCUT2D eigenvalue weighted by molar-refractivity contribution is 5.69. The Hall–Kier alpha value is -8.10. The molecule has 81 heavy (non-hydrogen) atoms. The fourth-order valence-electron chi connectivity index (χ4n) is 10.3. The molecule has 3 aliphatic heterocycles. The molecule has 6 rings (SSSR count). The van der Waals surface area contributed by atoms with Gasteiger partial charge in [-0.1, -0.05) is 100 Å². The summed E-state index contributed by atoms with van der Waals surface area (Å²) in [7, 11) is 0. The minimum atomic E-state index is -1.76. The maximum atomic E-state index is 14.2. The number of hydrogen-bond acceptors (Lipinski definition) is 21. The van der Waals surface area contributed by atoms with E-state index in [-0.39, 0.29) is 38.8 Å². The molecule has 0 N–H and O–H groups in total. The molecule has 18 unspecified atom stereocenters. The lowest BCUT2D eigenvalue weighted by Crippen LogP contribution is -2.62. The van der Waals surface area contributed by atoms with Crippen molar-refractivity contribution in [1.82, 2.24) is 4.90 Å². The van der Waals surface area contributed by atoms with Crippen LogP contribution in [0.2, 0.25) is 0 Å². The fourth-order valence-corrected chi connectivity index (χ4v) is 10.3. The lowest BCUT2D eigenvalue weighted by atomic mass is 9.83. The number of ether oxygens (including phenoxy) is 11. The van der Waals surface area contributed by atoms with Crippen LogP contribution in [0, 0.1) is 0 Å². The van der Waals surface area contributed by atoms with Gasteiger partial charge >= 0.3 is 30.0 Å². The molecule has 0 bridgehead atoms. The molecule has 4 fully saturated rings. The first-order valence-corrected chi connectivity index (χ1v) is 25.9. The predicted molar refractivity (Wildman–Crippen MR) is 275 cm³/mol. The molecule has 1 amide bonds. The molecule has 434 valence electrons. The van der Waals surface area contributed by atoms with Gasteiger partial charge in [-0.15, -0.1) is 0 Å². The molecule has 0 spiro atoms. The van der Waals surface area contributed by atoms with Gasteiger partial charge in [0.05, 0.1) is 49.0 Å². The largest absolute Gasteiger partial charge is 0.459 e. The van der Waals surface area contributed by atoms with Crippen molar-refractivity contribution in [3.63, 3.8) is 0 Å². The molecular weight excluding hydrogens is 1070 g/mol. The van der Waals surface area contributed by atoms with Gasteiger partial charge in [-0.25, -0.2) is 4.79 Å². The number of azide groups is 5. The van der Waals surface area contributed by atoms with E-state index in [2.05, 4.69) is 50.1 Å².